The third-order valence-electron chi connectivity index (χ3n) is 24.9. The fourth-order valence-electron chi connectivity index (χ4n) is 19.2. The lowest BCUT2D eigenvalue weighted by Crippen LogP contribution is -2.74. The van der Waals surface area contributed by atoms with Gasteiger partial charge in [-0.25, -0.2) is 0 Å². The average Bonchev–Trinajstić information content (AvgIpc) is 1.74. The summed E-state index contributed by atoms with van der Waals surface area (Å²) < 4.78 is 9.67. The molecule has 5 heteroatoms. The summed E-state index contributed by atoms with van der Waals surface area (Å²) in [5.74, 6) is 0. The molecular formula is C116H82N4Si. The van der Waals surface area contributed by atoms with Crippen molar-refractivity contribution < 1.29 is 0 Å². The van der Waals surface area contributed by atoms with Gasteiger partial charge < -0.3 is 18.3 Å². The third kappa shape index (κ3) is 12.7. The Balaban J connectivity index is 0.000000151. The second kappa shape index (κ2) is 30.3. The molecule has 0 fully saturated rings. The van der Waals surface area contributed by atoms with Crippen LogP contribution in [0.15, 0.2) is 461 Å². The quantitative estimate of drug-likeness (QED) is 0.0764. The first kappa shape index (κ1) is 72.1. The van der Waals surface area contributed by atoms with Crippen molar-refractivity contribution in [3.63, 3.8) is 0 Å². The number of hydrogen-bond donors (Lipinski definition) is 0. The molecule has 0 saturated heterocycles. The van der Waals surface area contributed by atoms with Gasteiger partial charge in [0.1, 0.15) is 0 Å². The predicted molar refractivity (Wildman–Crippen MR) is 516 cm³/mol. The fourth-order valence-corrected chi connectivity index (χ4v) is 24.0. The largest absolute Gasteiger partial charge is 0.309 e. The molecule has 23 rings (SSSR count). The number of nitrogens with zero attached hydrogens (tertiary/aromatic N) is 4. The van der Waals surface area contributed by atoms with Crippen LogP contribution in [0.4, 0.5) is 0 Å². The van der Waals surface area contributed by atoms with E-state index in [-0.39, 0.29) is 0 Å². The highest BCUT2D eigenvalue weighted by Crippen LogP contribution is 2.43. The first-order chi connectivity index (χ1) is 59.8. The topological polar surface area (TPSA) is 19.7 Å². The maximum absolute atomic E-state index is 2.70. The normalized spacial score (nSPS) is 11.7. The van der Waals surface area contributed by atoms with Gasteiger partial charge in [0.05, 0.1) is 44.1 Å². The van der Waals surface area contributed by atoms with Gasteiger partial charge in [0.15, 0.2) is 8.07 Å². The summed E-state index contributed by atoms with van der Waals surface area (Å²) in [6.45, 7) is 4.37. The molecule has 0 aliphatic heterocycles. The van der Waals surface area contributed by atoms with Crippen molar-refractivity contribution in [3.05, 3.63) is 472 Å². The third-order valence-corrected chi connectivity index (χ3v) is 29.7. The zero-order valence-electron chi connectivity index (χ0n) is 67.2. The Bertz CT molecular complexity index is 7550. The summed E-state index contributed by atoms with van der Waals surface area (Å²) in [6.07, 6.45) is 0. The summed E-state index contributed by atoms with van der Waals surface area (Å²) in [5, 5.41) is 15.5. The summed E-state index contributed by atoms with van der Waals surface area (Å²) >= 11 is 0. The molecule has 4 aromatic heterocycles. The summed E-state index contributed by atoms with van der Waals surface area (Å²) in [4.78, 5) is 0. The highest BCUT2D eigenvalue weighted by Gasteiger charge is 2.41. The molecule has 23 aromatic rings. The van der Waals surface area contributed by atoms with E-state index < -0.39 is 8.07 Å². The van der Waals surface area contributed by atoms with E-state index in [4.69, 9.17) is 0 Å². The van der Waals surface area contributed by atoms with Gasteiger partial charge >= 0.3 is 0 Å². The number of aryl methyl sites for hydroxylation is 2. The van der Waals surface area contributed by atoms with Crippen LogP contribution in [0, 0.1) is 13.8 Å². The Kier molecular flexibility index (Phi) is 18.0. The van der Waals surface area contributed by atoms with Crippen LogP contribution in [0.2, 0.25) is 0 Å². The Morgan fingerprint density at radius 1 is 0.140 bits per heavy atom. The number of benzene rings is 19. The van der Waals surface area contributed by atoms with E-state index in [1.54, 1.807) is 0 Å². The molecule has 4 nitrogen and oxygen atoms in total. The summed E-state index contributed by atoms with van der Waals surface area (Å²) in [6, 6.07) is 170. The zero-order chi connectivity index (χ0) is 80.5. The molecule has 4 heterocycles. The lowest BCUT2D eigenvalue weighted by Gasteiger charge is -2.34. The van der Waals surface area contributed by atoms with Crippen LogP contribution < -0.4 is 20.7 Å². The zero-order valence-corrected chi connectivity index (χ0v) is 68.2. The van der Waals surface area contributed by atoms with Crippen LogP contribution in [0.3, 0.4) is 0 Å². The Morgan fingerprint density at radius 2 is 0.372 bits per heavy atom. The molecule has 0 radical (unpaired) electrons. The van der Waals surface area contributed by atoms with Gasteiger partial charge in [0.25, 0.3) is 0 Å². The van der Waals surface area contributed by atoms with Gasteiger partial charge in [-0.1, -0.05) is 339 Å². The van der Waals surface area contributed by atoms with E-state index in [1.807, 2.05) is 0 Å². The predicted octanol–water partition coefficient (Wildman–Crippen LogP) is 27.8. The number of hydrogen-bond acceptors (Lipinski definition) is 0. The van der Waals surface area contributed by atoms with E-state index >= 15 is 0 Å². The second-order valence-electron chi connectivity index (χ2n) is 32.1. The minimum absolute atomic E-state index is 1.14. The Labute approximate surface area is 704 Å². The van der Waals surface area contributed by atoms with Gasteiger partial charge in [-0.2, -0.15) is 0 Å². The van der Waals surface area contributed by atoms with Crippen molar-refractivity contribution in [2.45, 2.75) is 13.8 Å². The van der Waals surface area contributed by atoms with Crippen LogP contribution in [-0.2, 0) is 0 Å². The van der Waals surface area contributed by atoms with Crippen LogP contribution >= 0.6 is 0 Å². The standard InChI is InChI=1S/C66H46N2Si.C50H36N2/c1-5-20-47(21-6-1)48-22-17-25-53(42-48)67-63-36-15-13-34-59(63)61-45-51(38-40-65(61)67)52-39-41-66-62(46-52)60-35-14-16-37-64(60)68(66)54-26-18-23-49(43-54)50-24-19-33-58(44-50)69(55-27-7-2-8-28-55,56-29-9-3-10-30-56)57-31-11-4-12-32-57;1-33-13-25-47-43(29-33)45-31-39(19-27-49(45)51(47)41-21-15-37(16-22-41)35-9-5-3-6-10-35)40-20-28-50-46(32-40)44-30-34(2)14-26-48(44)52(50)42-23-17-38(18-24-42)36-11-7-4-8-12-36/h1-46H;3-32H,1-2H3. The van der Waals surface area contributed by atoms with Crippen LogP contribution in [0.5, 0.6) is 0 Å². The van der Waals surface area contributed by atoms with E-state index in [9.17, 15) is 0 Å². The average molecular weight is 1560 g/mol. The molecule has 0 saturated carbocycles. The molecule has 0 atom stereocenters. The lowest BCUT2D eigenvalue weighted by atomic mass is 10.00. The maximum Gasteiger partial charge on any atom is 0.179 e. The Hall–Kier alpha value is -15.4. The van der Waals surface area contributed by atoms with E-state index in [2.05, 4.69) is 493 Å². The molecule has 0 aliphatic carbocycles. The fraction of sp³-hybridized carbons (Fsp3) is 0.0172. The van der Waals surface area contributed by atoms with Gasteiger partial charge in [0.2, 0.25) is 0 Å². The maximum atomic E-state index is 2.46. The Morgan fingerprint density at radius 3 is 0.744 bits per heavy atom. The smallest absolute Gasteiger partial charge is 0.179 e. The van der Waals surface area contributed by atoms with Crippen molar-refractivity contribution in [1.82, 2.24) is 18.3 Å². The molecule has 0 bridgehead atoms. The van der Waals surface area contributed by atoms with Gasteiger partial charge in [-0.15, -0.1) is 0 Å². The van der Waals surface area contributed by atoms with E-state index in [0.29, 0.717) is 0 Å². The first-order valence-corrected chi connectivity index (χ1v) is 43.8. The van der Waals surface area contributed by atoms with Crippen molar-refractivity contribution in [3.8, 4) is 89.5 Å². The first-order valence-electron chi connectivity index (χ1n) is 41.8. The minimum atomic E-state index is -2.70. The molecular weight excluding hydrogens is 1480 g/mol. The molecule has 0 N–H and O–H groups in total. The monoisotopic (exact) mass is 1560 g/mol. The van der Waals surface area contributed by atoms with Crippen LogP contribution in [0.1, 0.15) is 11.1 Å². The molecule has 0 amide bonds. The molecule has 0 spiro atoms. The molecule has 0 unspecified atom stereocenters. The minimum Gasteiger partial charge on any atom is -0.309 e. The van der Waals surface area contributed by atoms with Gasteiger partial charge in [-0.3, -0.25) is 0 Å². The highest BCUT2D eigenvalue weighted by atomic mass is 28.3. The molecule has 0 aliphatic rings. The summed E-state index contributed by atoms with van der Waals surface area (Å²) in [7, 11) is -2.70. The van der Waals surface area contributed by atoms with E-state index in [1.165, 1.54) is 186 Å². The molecule has 19 aromatic carbocycles. The number of para-hydroxylation sites is 2. The van der Waals surface area contributed by atoms with Crippen LogP contribution in [-0.4, -0.2) is 26.3 Å². The van der Waals surface area contributed by atoms with Crippen molar-refractivity contribution in [2.75, 3.05) is 0 Å². The number of fused-ring (bicyclic) bond motifs is 12. The number of aromatic nitrogens is 4. The van der Waals surface area contributed by atoms with Gasteiger partial charge in [0, 0.05) is 65.8 Å². The highest BCUT2D eigenvalue weighted by molar-refractivity contribution is 7.20. The summed E-state index contributed by atoms with van der Waals surface area (Å²) in [5.41, 5.74) is 31.3. The van der Waals surface area contributed by atoms with Crippen molar-refractivity contribution in [1.29, 1.82) is 0 Å². The second-order valence-corrected chi connectivity index (χ2v) is 35.9. The van der Waals surface area contributed by atoms with Gasteiger partial charge in [-0.05, 0) is 235 Å². The van der Waals surface area contributed by atoms with E-state index in [0.717, 1.165) is 22.7 Å². The SMILES string of the molecule is Cc1ccc2c(c1)c1cc(-c3ccc4c(c3)c3cc(C)ccc3n4-c3ccc(-c4ccccc4)cc3)ccc1n2-c1ccc(-c2ccccc2)cc1.c1ccc(-c2cccc(-n3c4ccccc4c4cc(-c5ccc6c(c5)c5ccccc5n6-c5cccc(-c6cccc([Si](c7ccccc7)(c7ccccc7)c7ccccc7)c6)c5)ccc43)c2)cc1. The van der Waals surface area contributed by atoms with Crippen molar-refractivity contribution in [2.24, 2.45) is 0 Å². The van der Waals surface area contributed by atoms with Crippen molar-refractivity contribution >= 4 is 116 Å². The lowest BCUT2D eigenvalue weighted by molar-refractivity contribution is 1.18. The molecule has 570 valence electrons. The van der Waals surface area contributed by atoms with Crippen LogP contribution in [0.25, 0.3) is 177 Å². The number of rotatable bonds is 14. The molecule has 121 heavy (non-hydrogen) atoms.